The van der Waals surface area contributed by atoms with Crippen LogP contribution in [0.25, 0.3) is 0 Å². The van der Waals surface area contributed by atoms with Gasteiger partial charge in [-0.05, 0) is 6.42 Å². The van der Waals surface area contributed by atoms with Crippen molar-refractivity contribution in [3.05, 3.63) is 0 Å². The maximum absolute atomic E-state index is 11.3. The van der Waals surface area contributed by atoms with Crippen LogP contribution in [0.15, 0.2) is 0 Å². The Morgan fingerprint density at radius 1 is 0.372 bits per heavy atom. The van der Waals surface area contributed by atoms with Gasteiger partial charge >= 0.3 is 0 Å². The van der Waals surface area contributed by atoms with E-state index in [0.717, 1.165) is 12.8 Å². The van der Waals surface area contributed by atoms with Crippen LogP contribution in [0.1, 0.15) is 244 Å². The van der Waals surface area contributed by atoms with E-state index in [1.807, 2.05) is 0 Å². The van der Waals surface area contributed by atoms with Crippen molar-refractivity contribution in [1.29, 1.82) is 0 Å². The molecule has 0 aliphatic rings. The summed E-state index contributed by atoms with van der Waals surface area (Å²) in [6.07, 6.45) is 51.4. The lowest BCUT2D eigenvalue weighted by molar-refractivity contribution is -0.143. The van der Waals surface area contributed by atoms with Crippen LogP contribution in [0.5, 0.6) is 0 Å². The molecule has 0 aromatic heterocycles. The van der Waals surface area contributed by atoms with Crippen LogP contribution in [0.4, 0.5) is 0 Å². The van der Waals surface area contributed by atoms with Crippen LogP contribution in [-0.4, -0.2) is 15.2 Å². The van der Waals surface area contributed by atoms with Crippen molar-refractivity contribution in [2.24, 2.45) is 0 Å². The molecular formula is C39H78BrNO2. The lowest BCUT2D eigenvalue weighted by Gasteiger charge is -2.05. The second-order valence-corrected chi connectivity index (χ2v) is 14.5. The number of carbonyl (C=O) groups excluding carboxylic acids is 1. The van der Waals surface area contributed by atoms with Gasteiger partial charge in [-0.2, -0.15) is 4.09 Å². The van der Waals surface area contributed by atoms with E-state index in [9.17, 15) is 4.79 Å². The average molecular weight is 673 g/mol. The molecule has 0 fully saturated rings. The summed E-state index contributed by atoms with van der Waals surface area (Å²) >= 11 is 2.76. The van der Waals surface area contributed by atoms with Crippen LogP contribution >= 0.6 is 16.1 Å². The summed E-state index contributed by atoms with van der Waals surface area (Å²) in [6.45, 7) is 2.30. The minimum Gasteiger partial charge on any atom is -0.275 e. The highest BCUT2D eigenvalue weighted by Gasteiger charge is 2.06. The number of carbonyl (C=O) groups is 1. The molecule has 1 amide bonds. The fourth-order valence-corrected chi connectivity index (χ4v) is 6.63. The van der Waals surface area contributed by atoms with Crippen molar-refractivity contribution in [1.82, 2.24) is 4.09 Å². The van der Waals surface area contributed by atoms with Crippen molar-refractivity contribution >= 4 is 22.1 Å². The van der Waals surface area contributed by atoms with Gasteiger partial charge in [0.1, 0.15) is 0 Å². The molecule has 0 saturated carbocycles. The Balaban J connectivity index is 3.06. The van der Waals surface area contributed by atoms with Gasteiger partial charge in [-0.15, -0.1) is 0 Å². The number of halogens is 1. The van der Waals surface area contributed by atoms with Crippen molar-refractivity contribution in [2.75, 3.05) is 0 Å². The van der Waals surface area contributed by atoms with Gasteiger partial charge in [0.2, 0.25) is 0 Å². The molecular weight excluding hydrogens is 594 g/mol. The third kappa shape index (κ3) is 38.0. The van der Waals surface area contributed by atoms with Gasteiger partial charge in [-0.3, -0.25) is 10.0 Å². The molecule has 0 saturated heterocycles. The Hall–Kier alpha value is -0.0900. The molecule has 0 spiro atoms. The first kappa shape index (κ1) is 42.9. The Labute approximate surface area is 279 Å². The van der Waals surface area contributed by atoms with E-state index in [1.165, 1.54) is 218 Å². The maximum atomic E-state index is 11.3. The van der Waals surface area contributed by atoms with E-state index in [-0.39, 0.29) is 5.91 Å². The van der Waals surface area contributed by atoms with Gasteiger partial charge in [0.25, 0.3) is 5.91 Å². The minimum atomic E-state index is -0.249. The Morgan fingerprint density at radius 3 is 0.698 bits per heavy atom. The van der Waals surface area contributed by atoms with E-state index in [4.69, 9.17) is 5.21 Å². The molecule has 0 heterocycles. The zero-order valence-corrected chi connectivity index (χ0v) is 30.9. The van der Waals surface area contributed by atoms with Crippen LogP contribution in [0.2, 0.25) is 0 Å². The monoisotopic (exact) mass is 672 g/mol. The van der Waals surface area contributed by atoms with Crippen LogP contribution in [-0.2, 0) is 4.79 Å². The molecule has 0 atom stereocenters. The summed E-state index contributed by atoms with van der Waals surface area (Å²) in [5.74, 6) is -0.249. The summed E-state index contributed by atoms with van der Waals surface area (Å²) in [6, 6.07) is 0. The first-order valence-corrected chi connectivity index (χ1v) is 20.6. The molecule has 0 aromatic rings. The van der Waals surface area contributed by atoms with Crippen molar-refractivity contribution in [3.63, 3.8) is 0 Å². The van der Waals surface area contributed by atoms with E-state index in [0.29, 0.717) is 10.5 Å². The summed E-state index contributed by atoms with van der Waals surface area (Å²) in [5.41, 5.74) is 0. The van der Waals surface area contributed by atoms with E-state index >= 15 is 0 Å². The standard InChI is InChI=1S/C39H78BrNO2/c1-2-3-4-5-6-7-8-9-10-11-12-13-14-15-16-17-18-19-20-21-22-23-24-25-26-27-28-29-30-31-32-33-34-35-36-37-38-39(42)41(40)43/h43H,2-38H2,1H3. The number of nitrogens with zero attached hydrogens (tertiary/aromatic N) is 1. The minimum absolute atomic E-state index is 0.249. The maximum Gasteiger partial charge on any atom is 0.256 e. The first-order chi connectivity index (χ1) is 21.2. The zero-order valence-electron chi connectivity index (χ0n) is 29.3. The molecule has 3 nitrogen and oxygen atoms in total. The van der Waals surface area contributed by atoms with Crippen molar-refractivity contribution in [2.45, 2.75) is 244 Å². The smallest absolute Gasteiger partial charge is 0.256 e. The van der Waals surface area contributed by atoms with Crippen LogP contribution in [0, 0.1) is 0 Å². The number of rotatable bonds is 37. The molecule has 0 unspecified atom stereocenters. The Bertz CT molecular complexity index is 527. The molecule has 258 valence electrons. The third-order valence-corrected chi connectivity index (χ3v) is 9.85. The van der Waals surface area contributed by atoms with Gasteiger partial charge in [0.15, 0.2) is 0 Å². The molecule has 1 N–H and O–H groups in total. The first-order valence-electron chi connectivity index (χ1n) is 19.9. The van der Waals surface area contributed by atoms with E-state index in [1.54, 1.807) is 0 Å². The summed E-state index contributed by atoms with van der Waals surface area (Å²) in [5, 5.41) is 8.95. The molecule has 0 aliphatic carbocycles. The summed E-state index contributed by atoms with van der Waals surface area (Å²) in [4.78, 5) is 11.3. The molecule has 0 radical (unpaired) electrons. The summed E-state index contributed by atoms with van der Waals surface area (Å²) in [7, 11) is 0. The summed E-state index contributed by atoms with van der Waals surface area (Å²) < 4.78 is 0.525. The number of amides is 1. The predicted octanol–water partition coefficient (Wildman–Crippen LogP) is 15.0. The topological polar surface area (TPSA) is 40.5 Å². The van der Waals surface area contributed by atoms with Gasteiger partial charge in [0.05, 0.1) is 16.1 Å². The second kappa shape index (κ2) is 38.1. The predicted molar refractivity (Wildman–Crippen MR) is 194 cm³/mol. The molecule has 0 aromatic carbocycles. The zero-order chi connectivity index (χ0) is 31.3. The number of hydrogen-bond acceptors (Lipinski definition) is 2. The SMILES string of the molecule is CCCCCCCCCCCCCCCCCCCCCCCCCCCCCCCCCCCCCCC(=O)N(O)Br. The molecule has 43 heavy (non-hydrogen) atoms. The normalized spacial score (nSPS) is 11.4. The van der Waals surface area contributed by atoms with Gasteiger partial charge in [-0.25, -0.2) is 0 Å². The highest BCUT2D eigenvalue weighted by atomic mass is 79.9. The largest absolute Gasteiger partial charge is 0.275 e. The fraction of sp³-hybridized carbons (Fsp3) is 0.974. The van der Waals surface area contributed by atoms with Gasteiger partial charge in [0, 0.05) is 6.42 Å². The fourth-order valence-electron chi connectivity index (χ4n) is 6.45. The Kier molecular flexibility index (Phi) is 38.0. The number of unbranched alkanes of at least 4 members (excludes halogenated alkanes) is 35. The van der Waals surface area contributed by atoms with Crippen LogP contribution < -0.4 is 0 Å². The molecule has 4 heteroatoms. The average Bonchev–Trinajstić information content (AvgIpc) is 3.00. The highest BCUT2D eigenvalue weighted by Crippen LogP contribution is 2.17. The van der Waals surface area contributed by atoms with Crippen LogP contribution in [0.3, 0.4) is 0 Å². The second-order valence-electron chi connectivity index (χ2n) is 13.8. The van der Waals surface area contributed by atoms with Crippen molar-refractivity contribution in [3.8, 4) is 0 Å². The molecule has 0 bridgehead atoms. The quantitative estimate of drug-likeness (QED) is 0.0309. The van der Waals surface area contributed by atoms with Gasteiger partial charge < -0.3 is 0 Å². The molecule has 0 rings (SSSR count). The lowest BCUT2D eigenvalue weighted by atomic mass is 10.0. The number of hydrogen-bond donors (Lipinski definition) is 1. The number of hydroxylamine groups is 1. The van der Waals surface area contributed by atoms with E-state index in [2.05, 4.69) is 23.1 Å². The Morgan fingerprint density at radius 2 is 0.535 bits per heavy atom. The van der Waals surface area contributed by atoms with E-state index < -0.39 is 0 Å². The molecule has 0 aliphatic heterocycles. The lowest BCUT2D eigenvalue weighted by Crippen LogP contribution is -2.15. The van der Waals surface area contributed by atoms with Gasteiger partial charge in [-0.1, -0.05) is 232 Å². The third-order valence-electron chi connectivity index (χ3n) is 9.45. The van der Waals surface area contributed by atoms with Crippen molar-refractivity contribution < 1.29 is 10.0 Å². The highest BCUT2D eigenvalue weighted by molar-refractivity contribution is 9.07.